The fraction of sp³-hybridized carbons (Fsp3) is 0.500. The summed E-state index contributed by atoms with van der Waals surface area (Å²) < 4.78 is 40.8. The molecule has 29 heavy (non-hydrogen) atoms. The van der Waals surface area contributed by atoms with Crippen molar-refractivity contribution in [2.45, 2.75) is 39.2 Å². The van der Waals surface area contributed by atoms with Crippen molar-refractivity contribution < 1.29 is 17.7 Å². The Morgan fingerprint density at radius 1 is 1.34 bits per heavy atom. The van der Waals surface area contributed by atoms with Crippen LogP contribution in [0.25, 0.3) is 11.0 Å². The molecule has 0 saturated heterocycles. The maximum Gasteiger partial charge on any atom is 0.234 e. The third kappa shape index (κ3) is 4.55. The highest BCUT2D eigenvalue weighted by atomic mass is 32.2. The van der Waals surface area contributed by atoms with E-state index in [2.05, 4.69) is 21.9 Å². The highest BCUT2D eigenvalue weighted by Crippen LogP contribution is 2.35. The van der Waals surface area contributed by atoms with E-state index >= 15 is 0 Å². The van der Waals surface area contributed by atoms with Crippen molar-refractivity contribution in [3.63, 3.8) is 0 Å². The fourth-order valence-electron chi connectivity index (χ4n) is 4.20. The normalized spacial score (nSPS) is 20.1. The lowest BCUT2D eigenvalue weighted by Gasteiger charge is -2.26. The molecule has 0 bridgehead atoms. The first-order valence-corrected chi connectivity index (χ1v) is 11.5. The molecule has 2 aromatic heterocycles. The Morgan fingerprint density at radius 2 is 2.21 bits per heavy atom. The van der Waals surface area contributed by atoms with Crippen LogP contribution in [0, 0.1) is 11.8 Å². The number of hydrogen-bond donors (Lipinski definition) is 1. The Bertz CT molecular complexity index is 1080. The van der Waals surface area contributed by atoms with Crippen molar-refractivity contribution in [2.75, 3.05) is 17.6 Å². The molecule has 0 spiro atoms. The van der Waals surface area contributed by atoms with E-state index in [0.717, 1.165) is 24.8 Å². The van der Waals surface area contributed by atoms with Crippen molar-refractivity contribution in [1.82, 2.24) is 14.9 Å². The summed E-state index contributed by atoms with van der Waals surface area (Å²) in [4.78, 5) is 0. The van der Waals surface area contributed by atoms with Gasteiger partial charge < -0.3 is 9.26 Å². The summed E-state index contributed by atoms with van der Waals surface area (Å²) in [6, 6.07) is 5.53. The number of nitrogens with one attached hydrogen (secondary N) is 1. The molecule has 2 atom stereocenters. The van der Waals surface area contributed by atoms with Crippen molar-refractivity contribution >= 4 is 26.8 Å². The van der Waals surface area contributed by atoms with E-state index in [0.29, 0.717) is 29.2 Å². The molecule has 0 aliphatic heterocycles. The summed E-state index contributed by atoms with van der Waals surface area (Å²) in [7, 11) is -1.99. The lowest BCUT2D eigenvalue weighted by Crippen LogP contribution is -2.26. The zero-order valence-corrected chi connectivity index (χ0v) is 17.5. The van der Waals surface area contributed by atoms with Crippen LogP contribution in [-0.2, 0) is 16.6 Å². The maximum atomic E-state index is 12.7. The first-order valence-electron chi connectivity index (χ1n) is 9.87. The number of hydrogen-bond acceptors (Lipinski definition) is 6. The summed E-state index contributed by atoms with van der Waals surface area (Å²) in [5, 5.41) is 8.69. The van der Waals surface area contributed by atoms with E-state index in [-0.39, 0.29) is 17.5 Å². The molecule has 156 valence electrons. The van der Waals surface area contributed by atoms with Crippen LogP contribution in [0.4, 0.5) is 5.82 Å². The van der Waals surface area contributed by atoms with Crippen LogP contribution >= 0.6 is 0 Å². The minimum Gasteiger partial charge on any atom is -0.496 e. The van der Waals surface area contributed by atoms with Gasteiger partial charge in [-0.05, 0) is 48.4 Å². The molecule has 2 unspecified atom stereocenters. The van der Waals surface area contributed by atoms with Crippen molar-refractivity contribution in [2.24, 2.45) is 11.8 Å². The van der Waals surface area contributed by atoms with Gasteiger partial charge in [-0.15, -0.1) is 0 Å². The molecule has 0 radical (unpaired) electrons. The van der Waals surface area contributed by atoms with Crippen LogP contribution in [0.2, 0.25) is 0 Å². The van der Waals surface area contributed by atoms with Crippen molar-refractivity contribution in [3.8, 4) is 5.75 Å². The standard InChI is InChI=1S/C20H26N4O4S/c1-14-5-3-6-15(9-14)13-29(25,26)23-20-19-17(27-2)10-16(11-18(19)28-22-20)12-24-8-4-7-21-24/h4,7-8,10-11,14-15H,3,5-6,9,12-13H2,1-2H3,(H,22,23). The number of methoxy groups -OCH3 is 1. The van der Waals surface area contributed by atoms with E-state index in [9.17, 15) is 8.42 Å². The van der Waals surface area contributed by atoms with Gasteiger partial charge in [0.05, 0.1) is 19.4 Å². The van der Waals surface area contributed by atoms with Gasteiger partial charge in [-0.25, -0.2) is 8.42 Å². The monoisotopic (exact) mass is 418 g/mol. The predicted octanol–water partition coefficient (Wildman–Crippen LogP) is 3.65. The third-order valence-corrected chi connectivity index (χ3v) is 6.89. The second kappa shape index (κ2) is 8.06. The summed E-state index contributed by atoms with van der Waals surface area (Å²) in [6.45, 7) is 2.73. The number of anilines is 1. The molecular weight excluding hydrogens is 392 g/mol. The van der Waals surface area contributed by atoms with E-state index in [1.54, 1.807) is 18.0 Å². The highest BCUT2D eigenvalue weighted by Gasteiger charge is 2.26. The second-order valence-corrected chi connectivity index (χ2v) is 9.69. The Kier molecular flexibility index (Phi) is 5.49. The Morgan fingerprint density at radius 3 is 2.93 bits per heavy atom. The molecule has 0 amide bonds. The van der Waals surface area contributed by atoms with Crippen LogP contribution in [0.3, 0.4) is 0 Å². The van der Waals surface area contributed by atoms with Gasteiger partial charge in [-0.3, -0.25) is 9.40 Å². The van der Waals surface area contributed by atoms with Crippen LogP contribution in [-0.4, -0.2) is 36.2 Å². The van der Waals surface area contributed by atoms with Gasteiger partial charge in [-0.1, -0.05) is 24.9 Å². The van der Waals surface area contributed by atoms with Crippen LogP contribution in [0.5, 0.6) is 5.75 Å². The number of sulfonamides is 1. The SMILES string of the molecule is COc1cc(Cn2cccn2)cc2onc(NS(=O)(=O)CC3CCCC(C)C3)c12. The number of rotatable bonds is 7. The van der Waals surface area contributed by atoms with E-state index in [4.69, 9.17) is 9.26 Å². The molecule has 1 fully saturated rings. The average molecular weight is 419 g/mol. The summed E-state index contributed by atoms with van der Waals surface area (Å²) in [5.74, 6) is 1.54. The fourth-order valence-corrected chi connectivity index (χ4v) is 5.64. The molecule has 1 saturated carbocycles. The zero-order chi connectivity index (χ0) is 20.4. The number of ether oxygens (including phenoxy) is 1. The molecule has 2 heterocycles. The maximum absolute atomic E-state index is 12.7. The van der Waals surface area contributed by atoms with Crippen LogP contribution < -0.4 is 9.46 Å². The van der Waals surface area contributed by atoms with Crippen LogP contribution in [0.1, 0.15) is 38.2 Å². The zero-order valence-electron chi connectivity index (χ0n) is 16.7. The Balaban J connectivity index is 1.57. The molecule has 3 aromatic rings. The van der Waals surface area contributed by atoms with Crippen molar-refractivity contribution in [1.29, 1.82) is 0 Å². The van der Waals surface area contributed by atoms with Gasteiger partial charge in [0.1, 0.15) is 11.1 Å². The quantitative estimate of drug-likeness (QED) is 0.629. The van der Waals surface area contributed by atoms with Gasteiger partial charge >= 0.3 is 0 Å². The Hall–Kier alpha value is -2.55. The average Bonchev–Trinajstić information content (AvgIpc) is 3.31. The predicted molar refractivity (Wildman–Crippen MR) is 110 cm³/mol. The molecule has 1 aliphatic rings. The van der Waals surface area contributed by atoms with Gasteiger partial charge in [0.15, 0.2) is 11.4 Å². The van der Waals surface area contributed by atoms with E-state index in [1.165, 1.54) is 6.42 Å². The van der Waals surface area contributed by atoms with Gasteiger partial charge in [0.25, 0.3) is 0 Å². The third-order valence-electron chi connectivity index (χ3n) is 5.47. The second-order valence-electron chi connectivity index (χ2n) is 7.93. The summed E-state index contributed by atoms with van der Waals surface area (Å²) in [6.07, 6.45) is 7.73. The number of fused-ring (bicyclic) bond motifs is 1. The molecule has 1 aromatic carbocycles. The lowest BCUT2D eigenvalue weighted by atomic mass is 9.83. The molecular formula is C20H26N4O4S. The number of aromatic nitrogens is 3. The highest BCUT2D eigenvalue weighted by molar-refractivity contribution is 7.92. The summed E-state index contributed by atoms with van der Waals surface area (Å²) in [5.41, 5.74) is 1.38. The molecule has 8 nitrogen and oxygen atoms in total. The minimum absolute atomic E-state index is 0.103. The summed E-state index contributed by atoms with van der Waals surface area (Å²) >= 11 is 0. The first kappa shape index (κ1) is 19.8. The van der Waals surface area contributed by atoms with Gasteiger partial charge in [0, 0.05) is 12.4 Å². The van der Waals surface area contributed by atoms with E-state index < -0.39 is 10.0 Å². The van der Waals surface area contributed by atoms with Gasteiger partial charge in [0.2, 0.25) is 10.0 Å². The molecule has 9 heteroatoms. The minimum atomic E-state index is -3.54. The molecule has 1 N–H and O–H groups in total. The topological polar surface area (TPSA) is 99.2 Å². The number of benzene rings is 1. The largest absolute Gasteiger partial charge is 0.496 e. The lowest BCUT2D eigenvalue weighted by molar-refractivity contribution is 0.302. The van der Waals surface area contributed by atoms with E-state index in [1.807, 2.05) is 24.4 Å². The van der Waals surface area contributed by atoms with Gasteiger partial charge in [-0.2, -0.15) is 5.10 Å². The Labute approximate surface area is 170 Å². The van der Waals surface area contributed by atoms with Crippen LogP contribution in [0.15, 0.2) is 35.1 Å². The molecule has 4 rings (SSSR count). The molecule has 1 aliphatic carbocycles. The smallest absolute Gasteiger partial charge is 0.234 e. The van der Waals surface area contributed by atoms with Crippen molar-refractivity contribution in [3.05, 3.63) is 36.2 Å². The number of nitrogens with zero attached hydrogens (tertiary/aromatic N) is 3. The first-order chi connectivity index (χ1) is 13.9.